The SMILES string of the molecule is Cc1nc(-c2ncccn2)sc1C(=O)OCC(=O)N1c2ccccc2CCc2ccccc21. The van der Waals surface area contributed by atoms with Gasteiger partial charge in [-0.25, -0.2) is 19.7 Å². The van der Waals surface area contributed by atoms with E-state index in [4.69, 9.17) is 4.74 Å². The number of ether oxygens (including phenoxy) is 1. The third kappa shape index (κ3) is 4.12. The Kier molecular flexibility index (Phi) is 5.66. The molecule has 0 saturated carbocycles. The number of aromatic nitrogens is 3. The Labute approximate surface area is 194 Å². The van der Waals surface area contributed by atoms with E-state index in [1.807, 2.05) is 48.5 Å². The Bertz CT molecular complexity index is 1290. The van der Waals surface area contributed by atoms with Crippen molar-refractivity contribution in [3.63, 3.8) is 0 Å². The summed E-state index contributed by atoms with van der Waals surface area (Å²) >= 11 is 1.15. The Balaban J connectivity index is 1.38. The minimum Gasteiger partial charge on any atom is -0.451 e. The van der Waals surface area contributed by atoms with Crippen molar-refractivity contribution in [1.29, 1.82) is 0 Å². The molecule has 0 radical (unpaired) electrons. The lowest BCUT2D eigenvalue weighted by atomic mass is 10.0. The monoisotopic (exact) mass is 456 g/mol. The first-order valence-corrected chi connectivity index (χ1v) is 11.3. The number of esters is 1. The molecule has 1 aliphatic rings. The van der Waals surface area contributed by atoms with E-state index in [0.717, 1.165) is 46.7 Å². The van der Waals surface area contributed by atoms with Crippen molar-refractivity contribution < 1.29 is 14.3 Å². The number of aryl methyl sites for hydroxylation is 3. The predicted molar refractivity (Wildman–Crippen MR) is 126 cm³/mol. The summed E-state index contributed by atoms with van der Waals surface area (Å²) in [4.78, 5) is 40.9. The molecule has 5 rings (SSSR count). The fourth-order valence-electron chi connectivity index (χ4n) is 3.90. The van der Waals surface area contributed by atoms with Crippen molar-refractivity contribution in [3.05, 3.63) is 88.7 Å². The van der Waals surface area contributed by atoms with Crippen LogP contribution in [0.1, 0.15) is 26.5 Å². The summed E-state index contributed by atoms with van der Waals surface area (Å²) in [5.41, 5.74) is 4.32. The molecule has 2 aromatic heterocycles. The quantitative estimate of drug-likeness (QED) is 0.420. The number of para-hydroxylation sites is 2. The van der Waals surface area contributed by atoms with Crippen molar-refractivity contribution in [1.82, 2.24) is 15.0 Å². The molecule has 1 aliphatic heterocycles. The topological polar surface area (TPSA) is 85.3 Å². The van der Waals surface area contributed by atoms with Gasteiger partial charge < -0.3 is 4.74 Å². The van der Waals surface area contributed by atoms with Crippen molar-refractivity contribution in [2.24, 2.45) is 0 Å². The Morgan fingerprint density at radius 2 is 1.55 bits per heavy atom. The molecule has 0 aliphatic carbocycles. The molecule has 7 nitrogen and oxygen atoms in total. The van der Waals surface area contributed by atoms with Gasteiger partial charge in [-0.3, -0.25) is 9.69 Å². The fourth-order valence-corrected chi connectivity index (χ4v) is 4.81. The number of rotatable bonds is 4. The van der Waals surface area contributed by atoms with Gasteiger partial charge in [0.25, 0.3) is 5.91 Å². The van der Waals surface area contributed by atoms with Crippen LogP contribution in [-0.2, 0) is 22.4 Å². The number of hydrogen-bond acceptors (Lipinski definition) is 7. The van der Waals surface area contributed by atoms with Crippen LogP contribution in [0.25, 0.3) is 10.8 Å². The number of hydrogen-bond donors (Lipinski definition) is 0. The van der Waals surface area contributed by atoms with Crippen molar-refractivity contribution >= 4 is 34.6 Å². The lowest BCUT2D eigenvalue weighted by molar-refractivity contribution is -0.120. The van der Waals surface area contributed by atoms with Gasteiger partial charge in [0.05, 0.1) is 17.1 Å². The van der Waals surface area contributed by atoms with E-state index in [1.54, 1.807) is 30.3 Å². The first-order valence-electron chi connectivity index (χ1n) is 10.5. The number of amides is 1. The van der Waals surface area contributed by atoms with Gasteiger partial charge in [0, 0.05) is 12.4 Å². The maximum absolute atomic E-state index is 13.3. The minimum atomic E-state index is -0.586. The van der Waals surface area contributed by atoms with Crippen LogP contribution in [0.4, 0.5) is 11.4 Å². The zero-order valence-electron chi connectivity index (χ0n) is 17.9. The zero-order chi connectivity index (χ0) is 22.8. The molecule has 3 heterocycles. The molecule has 0 atom stereocenters. The van der Waals surface area contributed by atoms with E-state index in [1.165, 1.54) is 0 Å². The van der Waals surface area contributed by atoms with Crippen LogP contribution in [-0.4, -0.2) is 33.4 Å². The maximum atomic E-state index is 13.3. The third-order valence-corrected chi connectivity index (χ3v) is 6.58. The third-order valence-electron chi connectivity index (χ3n) is 5.44. The second-order valence-corrected chi connectivity index (χ2v) is 8.57. The molecule has 0 N–H and O–H groups in total. The van der Waals surface area contributed by atoms with Crippen LogP contribution in [0.2, 0.25) is 0 Å². The van der Waals surface area contributed by atoms with E-state index in [2.05, 4.69) is 15.0 Å². The Hall–Kier alpha value is -3.91. The summed E-state index contributed by atoms with van der Waals surface area (Å²) in [7, 11) is 0. The number of thiazole rings is 1. The van der Waals surface area contributed by atoms with Gasteiger partial charge >= 0.3 is 5.97 Å². The van der Waals surface area contributed by atoms with Crippen LogP contribution >= 0.6 is 11.3 Å². The highest BCUT2D eigenvalue weighted by molar-refractivity contribution is 7.16. The number of benzene rings is 2. The second-order valence-electron chi connectivity index (χ2n) is 7.57. The highest BCUT2D eigenvalue weighted by atomic mass is 32.1. The number of fused-ring (bicyclic) bond motifs is 2. The number of carbonyl (C=O) groups excluding carboxylic acids is 2. The maximum Gasteiger partial charge on any atom is 0.350 e. The highest BCUT2D eigenvalue weighted by Gasteiger charge is 2.27. The van der Waals surface area contributed by atoms with Gasteiger partial charge in [-0.05, 0) is 49.1 Å². The first kappa shape index (κ1) is 21.0. The van der Waals surface area contributed by atoms with E-state index >= 15 is 0 Å². The molecular formula is C25H20N4O3S. The van der Waals surface area contributed by atoms with E-state index < -0.39 is 5.97 Å². The van der Waals surface area contributed by atoms with Gasteiger partial charge in [0.2, 0.25) is 0 Å². The largest absolute Gasteiger partial charge is 0.451 e. The van der Waals surface area contributed by atoms with Crippen LogP contribution in [0.15, 0.2) is 67.0 Å². The molecule has 0 spiro atoms. The predicted octanol–water partition coefficient (Wildman–Crippen LogP) is 4.53. The zero-order valence-corrected chi connectivity index (χ0v) is 18.7. The molecule has 2 aromatic carbocycles. The van der Waals surface area contributed by atoms with Gasteiger partial charge in [0.15, 0.2) is 17.4 Å². The van der Waals surface area contributed by atoms with E-state index in [9.17, 15) is 9.59 Å². The summed E-state index contributed by atoms with van der Waals surface area (Å²) in [6.07, 6.45) is 4.90. The molecular weight excluding hydrogens is 436 g/mol. The Morgan fingerprint density at radius 3 is 2.18 bits per heavy atom. The summed E-state index contributed by atoms with van der Waals surface area (Å²) in [5, 5.41) is 0.529. The fraction of sp³-hybridized carbons (Fsp3) is 0.160. The van der Waals surface area contributed by atoms with Crippen LogP contribution in [0.5, 0.6) is 0 Å². The van der Waals surface area contributed by atoms with Gasteiger partial charge in [-0.15, -0.1) is 11.3 Å². The standard InChI is InChI=1S/C25H20N4O3S/c1-16-22(33-24(28-16)23-26-13-6-14-27-23)25(31)32-15-21(30)29-19-9-4-2-7-17(19)11-12-18-8-3-5-10-20(18)29/h2-10,13-14H,11-12,15H2,1H3. The lowest BCUT2D eigenvalue weighted by Crippen LogP contribution is -2.31. The minimum absolute atomic E-state index is 0.307. The van der Waals surface area contributed by atoms with Crippen LogP contribution in [0, 0.1) is 6.92 Å². The van der Waals surface area contributed by atoms with Crippen molar-refractivity contribution in [2.45, 2.75) is 19.8 Å². The number of carbonyl (C=O) groups is 2. The van der Waals surface area contributed by atoms with Gasteiger partial charge in [-0.2, -0.15) is 0 Å². The van der Waals surface area contributed by atoms with Crippen molar-refractivity contribution in [3.8, 4) is 10.8 Å². The summed E-state index contributed by atoms with van der Waals surface area (Å²) < 4.78 is 5.44. The molecule has 164 valence electrons. The highest BCUT2D eigenvalue weighted by Crippen LogP contribution is 2.36. The average Bonchev–Trinajstić information content (AvgIpc) is 3.16. The smallest absolute Gasteiger partial charge is 0.350 e. The van der Waals surface area contributed by atoms with E-state index in [0.29, 0.717) is 21.4 Å². The first-order chi connectivity index (χ1) is 16.1. The van der Waals surface area contributed by atoms with E-state index in [-0.39, 0.29) is 12.5 Å². The lowest BCUT2D eigenvalue weighted by Gasteiger charge is -2.24. The average molecular weight is 457 g/mol. The molecule has 0 unspecified atom stereocenters. The number of anilines is 2. The molecule has 8 heteroatoms. The van der Waals surface area contributed by atoms with Gasteiger partial charge in [0.1, 0.15) is 4.88 Å². The molecule has 0 saturated heterocycles. The Morgan fingerprint density at radius 1 is 0.939 bits per heavy atom. The van der Waals surface area contributed by atoms with Crippen molar-refractivity contribution in [2.75, 3.05) is 11.5 Å². The molecule has 0 fully saturated rings. The summed E-state index contributed by atoms with van der Waals surface area (Å²) in [6, 6.07) is 17.4. The summed E-state index contributed by atoms with van der Waals surface area (Å²) in [5.74, 6) is -0.450. The number of nitrogens with zero attached hydrogens (tertiary/aromatic N) is 4. The second kappa shape index (κ2) is 8.91. The van der Waals surface area contributed by atoms with Gasteiger partial charge in [-0.1, -0.05) is 36.4 Å². The molecule has 4 aromatic rings. The normalized spacial score (nSPS) is 12.5. The molecule has 1 amide bonds. The molecule has 33 heavy (non-hydrogen) atoms. The molecule has 0 bridgehead atoms. The summed E-state index contributed by atoms with van der Waals surface area (Å²) in [6.45, 7) is 1.35. The van der Waals surface area contributed by atoms with Crippen LogP contribution in [0.3, 0.4) is 0 Å². The van der Waals surface area contributed by atoms with Crippen LogP contribution < -0.4 is 4.90 Å².